The van der Waals surface area contributed by atoms with Gasteiger partial charge in [0.05, 0.1) is 20.6 Å². The van der Waals surface area contributed by atoms with Crippen LogP contribution in [0.3, 0.4) is 0 Å². The Hall–Kier alpha value is -2.46. The van der Waals surface area contributed by atoms with Crippen molar-refractivity contribution in [1.82, 2.24) is 14.8 Å². The molecule has 2 aromatic carbocycles. The van der Waals surface area contributed by atoms with Gasteiger partial charge in [-0.2, -0.15) is 13.2 Å². The largest absolute Gasteiger partial charge is 0.382 e. The quantitative estimate of drug-likeness (QED) is 0.340. The van der Waals surface area contributed by atoms with E-state index in [1.54, 1.807) is 12.1 Å². The minimum absolute atomic E-state index is 0.00285. The average Bonchev–Trinajstić information content (AvgIpc) is 2.64. The van der Waals surface area contributed by atoms with Gasteiger partial charge in [-0.25, -0.2) is 4.98 Å². The van der Waals surface area contributed by atoms with Gasteiger partial charge < -0.3 is 16.5 Å². The summed E-state index contributed by atoms with van der Waals surface area (Å²) in [6.45, 7) is 1.85. The number of nitrogen functional groups attached to an aromatic ring is 2. The third-order valence-electron chi connectivity index (χ3n) is 3.85. The van der Waals surface area contributed by atoms with Gasteiger partial charge in [0.25, 0.3) is 10.0 Å². The highest BCUT2D eigenvalue weighted by Crippen LogP contribution is 2.36. The number of benzene rings is 2. The molecule has 152 valence electrons. The molecule has 0 aliphatic carbocycles. The average molecular weight is 474 g/mol. The summed E-state index contributed by atoms with van der Waals surface area (Å²) < 4.78 is 24.9. The highest BCUT2D eigenvalue weighted by Gasteiger charge is 2.16. The van der Waals surface area contributed by atoms with E-state index in [2.05, 4.69) is 19.9 Å². The van der Waals surface area contributed by atoms with Gasteiger partial charge in [0.2, 0.25) is 0 Å². The summed E-state index contributed by atoms with van der Waals surface area (Å²) in [6.07, 6.45) is 0. The van der Waals surface area contributed by atoms with Crippen molar-refractivity contribution in [2.45, 2.75) is 11.8 Å². The first kappa shape index (κ1) is 21.3. The van der Waals surface area contributed by atoms with Crippen molar-refractivity contribution in [3.63, 3.8) is 0 Å². The zero-order chi connectivity index (χ0) is 21.3. The minimum Gasteiger partial charge on any atom is -0.382 e. The third kappa shape index (κ3) is 4.59. The predicted molar refractivity (Wildman–Crippen MR) is 115 cm³/mol. The second-order valence-corrected chi connectivity index (χ2v) is 8.88. The first-order valence-electron chi connectivity index (χ1n) is 8.01. The zero-order valence-electron chi connectivity index (χ0n) is 14.9. The number of aromatic amines is 1. The smallest absolute Gasteiger partial charge is 0.276 e. The highest BCUT2D eigenvalue weighted by molar-refractivity contribution is 7.89. The Labute approximate surface area is 181 Å². The number of rotatable bonds is 4. The molecule has 0 unspecified atom stereocenters. The fourth-order valence-electron chi connectivity index (χ4n) is 2.39. The summed E-state index contributed by atoms with van der Waals surface area (Å²) in [5.74, 6) is -0.120. The standard InChI is InChI=1S/C17H15Cl3N6O2S/c1-8-2-4-10(5-3-8)29(27,28)26-25-17-16(22)24-15(21)14(23-17)11-6-9(18)7-12(19)13(11)20/h2-7,26H,1H3,(H,23,25)(H4,21,22,24). The number of aryl methyl sites for hydroxylation is 1. The second kappa shape index (κ2) is 8.11. The van der Waals surface area contributed by atoms with Crippen molar-refractivity contribution in [1.29, 1.82) is 0 Å². The topological polar surface area (TPSA) is 139 Å². The van der Waals surface area contributed by atoms with Gasteiger partial charge in [-0.15, -0.1) is 5.10 Å². The van der Waals surface area contributed by atoms with E-state index >= 15 is 0 Å². The van der Waals surface area contributed by atoms with Gasteiger partial charge in [-0.1, -0.05) is 52.5 Å². The molecule has 1 heterocycles. The first-order valence-corrected chi connectivity index (χ1v) is 10.6. The molecule has 29 heavy (non-hydrogen) atoms. The monoisotopic (exact) mass is 472 g/mol. The highest BCUT2D eigenvalue weighted by atomic mass is 35.5. The Balaban J connectivity index is 2.07. The second-order valence-electron chi connectivity index (χ2n) is 6.00. The summed E-state index contributed by atoms with van der Waals surface area (Å²) in [6, 6.07) is 9.25. The summed E-state index contributed by atoms with van der Waals surface area (Å²) >= 11 is 18.3. The summed E-state index contributed by atoms with van der Waals surface area (Å²) in [7, 11) is -3.92. The lowest BCUT2D eigenvalue weighted by Crippen LogP contribution is -2.26. The van der Waals surface area contributed by atoms with Crippen LogP contribution in [-0.4, -0.2) is 18.4 Å². The van der Waals surface area contributed by atoms with Crippen molar-refractivity contribution in [3.05, 3.63) is 62.5 Å². The number of sulfonamides is 1. The van der Waals surface area contributed by atoms with Gasteiger partial charge >= 0.3 is 0 Å². The normalized spacial score (nSPS) is 12.2. The van der Waals surface area contributed by atoms with Crippen LogP contribution in [0, 0.1) is 6.92 Å². The zero-order valence-corrected chi connectivity index (χ0v) is 18.0. The molecular formula is C17H15Cl3N6O2S. The molecular weight excluding hydrogens is 459 g/mol. The van der Waals surface area contributed by atoms with Crippen molar-refractivity contribution >= 4 is 56.5 Å². The number of hydrogen-bond donors (Lipinski definition) is 4. The predicted octanol–water partition coefficient (Wildman–Crippen LogP) is 3.30. The van der Waals surface area contributed by atoms with Crippen LogP contribution in [0.25, 0.3) is 11.3 Å². The van der Waals surface area contributed by atoms with Gasteiger partial charge in [0.1, 0.15) is 5.82 Å². The van der Waals surface area contributed by atoms with Gasteiger partial charge in [0, 0.05) is 10.6 Å². The molecule has 8 nitrogen and oxygen atoms in total. The molecule has 1 aromatic heterocycles. The van der Waals surface area contributed by atoms with E-state index in [4.69, 9.17) is 46.3 Å². The molecule has 0 aliphatic rings. The summed E-state index contributed by atoms with van der Waals surface area (Å²) in [4.78, 5) is 8.95. The molecule has 0 radical (unpaired) electrons. The van der Waals surface area contributed by atoms with E-state index in [9.17, 15) is 8.42 Å². The Kier molecular flexibility index (Phi) is 5.95. The lowest BCUT2D eigenvalue weighted by atomic mass is 10.1. The Morgan fingerprint density at radius 2 is 1.72 bits per heavy atom. The number of hydrogen-bond acceptors (Lipinski definition) is 6. The number of aromatic nitrogens is 2. The minimum atomic E-state index is -3.92. The van der Waals surface area contributed by atoms with Crippen LogP contribution in [0.4, 0.5) is 11.6 Å². The van der Waals surface area contributed by atoms with Crippen LogP contribution in [0.2, 0.25) is 15.1 Å². The number of nitrogens with one attached hydrogen (secondary N) is 2. The molecule has 12 heteroatoms. The first-order chi connectivity index (χ1) is 13.6. The lowest BCUT2D eigenvalue weighted by Gasteiger charge is -2.11. The molecule has 3 aromatic rings. The van der Waals surface area contributed by atoms with Gasteiger partial charge in [-0.05, 0) is 31.2 Å². The molecule has 0 aliphatic heterocycles. The molecule has 0 saturated heterocycles. The van der Waals surface area contributed by atoms with Crippen molar-refractivity contribution in [2.24, 2.45) is 5.10 Å². The van der Waals surface area contributed by atoms with Crippen LogP contribution < -0.4 is 21.8 Å². The third-order valence-corrected chi connectivity index (χ3v) is 6.10. The number of nitrogens with zero attached hydrogens (tertiary/aromatic N) is 2. The maximum Gasteiger partial charge on any atom is 0.276 e. The van der Waals surface area contributed by atoms with E-state index in [-0.39, 0.29) is 37.8 Å². The number of H-pyrrole nitrogens is 1. The maximum absolute atomic E-state index is 12.4. The molecule has 0 spiro atoms. The van der Waals surface area contributed by atoms with Gasteiger partial charge in [0.15, 0.2) is 11.3 Å². The van der Waals surface area contributed by atoms with E-state index in [1.807, 2.05) is 6.92 Å². The Bertz CT molecular complexity index is 1260. The molecule has 6 N–H and O–H groups in total. The molecule has 3 rings (SSSR count). The SMILES string of the molecule is Cc1ccc(S(=O)(=O)N/N=c2\[nH]c(-c3cc(Cl)cc(Cl)c3Cl)c(N)nc2N)cc1. The number of nitrogens with two attached hydrogens (primary N) is 2. The fraction of sp³-hybridized carbons (Fsp3) is 0.0588. The van der Waals surface area contributed by atoms with E-state index < -0.39 is 10.0 Å². The van der Waals surface area contributed by atoms with E-state index in [0.29, 0.717) is 10.6 Å². The lowest BCUT2D eigenvalue weighted by molar-refractivity contribution is 0.582. The van der Waals surface area contributed by atoms with E-state index in [1.165, 1.54) is 24.3 Å². The van der Waals surface area contributed by atoms with Crippen molar-refractivity contribution in [3.8, 4) is 11.3 Å². The molecule has 0 fully saturated rings. The molecule has 0 saturated carbocycles. The van der Waals surface area contributed by atoms with Gasteiger partial charge in [-0.3, -0.25) is 0 Å². The Morgan fingerprint density at radius 3 is 2.38 bits per heavy atom. The van der Waals surface area contributed by atoms with Crippen LogP contribution in [0.15, 0.2) is 46.4 Å². The van der Waals surface area contributed by atoms with Crippen molar-refractivity contribution in [2.75, 3.05) is 11.5 Å². The Morgan fingerprint density at radius 1 is 1.07 bits per heavy atom. The molecule has 0 amide bonds. The van der Waals surface area contributed by atoms with E-state index in [0.717, 1.165) is 5.56 Å². The van der Waals surface area contributed by atoms with Crippen LogP contribution in [-0.2, 0) is 10.0 Å². The van der Waals surface area contributed by atoms with Crippen LogP contribution >= 0.6 is 34.8 Å². The summed E-state index contributed by atoms with van der Waals surface area (Å²) in [5, 5.41) is 4.53. The molecule has 0 bridgehead atoms. The van der Waals surface area contributed by atoms with Crippen LogP contribution in [0.5, 0.6) is 0 Å². The maximum atomic E-state index is 12.4. The number of halogens is 3. The fourth-order valence-corrected chi connectivity index (χ4v) is 3.90. The number of anilines is 2. The van der Waals surface area contributed by atoms with Crippen LogP contribution in [0.1, 0.15) is 5.56 Å². The summed E-state index contributed by atoms with van der Waals surface area (Å²) in [5.41, 5.74) is 13.2. The molecule has 0 atom stereocenters. The van der Waals surface area contributed by atoms with Crippen molar-refractivity contribution < 1.29 is 8.42 Å².